The van der Waals surface area contributed by atoms with E-state index in [1.165, 1.54) is 0 Å². The van der Waals surface area contributed by atoms with Gasteiger partial charge in [-0.1, -0.05) is 11.6 Å². The van der Waals surface area contributed by atoms with Crippen molar-refractivity contribution in [1.29, 1.82) is 0 Å². The Balaban J connectivity index is 1.96. The Labute approximate surface area is 145 Å². The van der Waals surface area contributed by atoms with Gasteiger partial charge in [0.2, 0.25) is 0 Å². The summed E-state index contributed by atoms with van der Waals surface area (Å²) in [6.45, 7) is 3.20. The fourth-order valence-electron chi connectivity index (χ4n) is 2.47. The van der Waals surface area contributed by atoms with Gasteiger partial charge in [0.05, 0.1) is 16.5 Å². The number of carbonyl (C=O) groups is 2. The number of carboxylic acids is 1. The first kappa shape index (κ1) is 16.7. The number of aromatic nitrogens is 1. The molecule has 0 radical (unpaired) electrons. The molecule has 1 aromatic carbocycles. The summed E-state index contributed by atoms with van der Waals surface area (Å²) in [5.41, 5.74) is 1.10. The second kappa shape index (κ2) is 6.06. The number of rotatable bonds is 5. The molecule has 0 atom stereocenters. The molecule has 1 heterocycles. The first-order valence-corrected chi connectivity index (χ1v) is 8.27. The van der Waals surface area contributed by atoms with Gasteiger partial charge in [0.1, 0.15) is 0 Å². The number of hydrogen-bond acceptors (Lipinski definition) is 3. The maximum absolute atomic E-state index is 12.7. The number of carbonyl (C=O) groups excluding carboxylic acids is 1. The van der Waals surface area contributed by atoms with Crippen LogP contribution >= 0.6 is 11.6 Å². The fourth-order valence-corrected chi connectivity index (χ4v) is 2.64. The van der Waals surface area contributed by atoms with Crippen LogP contribution in [0.4, 0.5) is 0 Å². The van der Waals surface area contributed by atoms with Gasteiger partial charge in [-0.3, -0.25) is 14.6 Å². The highest BCUT2D eigenvalue weighted by Crippen LogP contribution is 2.40. The van der Waals surface area contributed by atoms with Crippen molar-refractivity contribution in [3.8, 4) is 0 Å². The Kier molecular flexibility index (Phi) is 4.22. The van der Waals surface area contributed by atoms with Crippen molar-refractivity contribution in [1.82, 2.24) is 10.3 Å². The van der Waals surface area contributed by atoms with Gasteiger partial charge < -0.3 is 10.4 Å². The van der Waals surface area contributed by atoms with E-state index >= 15 is 0 Å². The molecule has 2 N–H and O–H groups in total. The van der Waals surface area contributed by atoms with Crippen LogP contribution in [0.3, 0.4) is 0 Å². The highest BCUT2D eigenvalue weighted by Gasteiger charge is 2.29. The van der Waals surface area contributed by atoms with E-state index in [9.17, 15) is 14.7 Å². The molecule has 1 aliphatic rings. The SMILES string of the molecule is CC(C)(CNC(=O)c1cc(C2CC2)nc2ccc(Cl)cc12)C(=O)O. The van der Waals surface area contributed by atoms with Gasteiger partial charge in [0, 0.05) is 28.6 Å². The smallest absolute Gasteiger partial charge is 0.310 e. The van der Waals surface area contributed by atoms with E-state index in [1.807, 2.05) is 6.07 Å². The molecule has 2 aromatic rings. The Morgan fingerprint density at radius 1 is 1.33 bits per heavy atom. The molecular formula is C18H19ClN2O3. The number of pyridine rings is 1. The quantitative estimate of drug-likeness (QED) is 0.866. The van der Waals surface area contributed by atoms with Crippen molar-refractivity contribution in [2.45, 2.75) is 32.6 Å². The third-order valence-corrected chi connectivity index (χ3v) is 4.54. The van der Waals surface area contributed by atoms with E-state index < -0.39 is 11.4 Å². The molecule has 6 heteroatoms. The summed E-state index contributed by atoms with van der Waals surface area (Å²) in [5, 5.41) is 13.1. The third kappa shape index (κ3) is 3.36. The summed E-state index contributed by atoms with van der Waals surface area (Å²) >= 11 is 6.06. The lowest BCUT2D eigenvalue weighted by atomic mass is 9.93. The minimum atomic E-state index is -1.03. The van der Waals surface area contributed by atoms with Crippen molar-refractivity contribution in [2.75, 3.05) is 6.54 Å². The average molecular weight is 347 g/mol. The van der Waals surface area contributed by atoms with Gasteiger partial charge in [-0.05, 0) is 51.0 Å². The van der Waals surface area contributed by atoms with Gasteiger partial charge in [-0.25, -0.2) is 0 Å². The molecule has 0 saturated heterocycles. The average Bonchev–Trinajstić information content (AvgIpc) is 3.36. The van der Waals surface area contributed by atoms with E-state index in [4.69, 9.17) is 11.6 Å². The van der Waals surface area contributed by atoms with Crippen molar-refractivity contribution < 1.29 is 14.7 Å². The van der Waals surface area contributed by atoms with Crippen molar-refractivity contribution >= 4 is 34.4 Å². The molecule has 126 valence electrons. The van der Waals surface area contributed by atoms with E-state index in [1.54, 1.807) is 32.0 Å². The van der Waals surface area contributed by atoms with E-state index in [0.717, 1.165) is 24.1 Å². The van der Waals surface area contributed by atoms with Gasteiger partial charge in [0.25, 0.3) is 5.91 Å². The maximum Gasteiger partial charge on any atom is 0.310 e. The molecule has 1 fully saturated rings. The molecular weight excluding hydrogens is 328 g/mol. The van der Waals surface area contributed by atoms with E-state index in [2.05, 4.69) is 10.3 Å². The molecule has 0 bridgehead atoms. The maximum atomic E-state index is 12.7. The Morgan fingerprint density at radius 2 is 2.04 bits per heavy atom. The Morgan fingerprint density at radius 3 is 2.67 bits per heavy atom. The van der Waals surface area contributed by atoms with Gasteiger partial charge >= 0.3 is 5.97 Å². The number of nitrogens with one attached hydrogen (secondary N) is 1. The summed E-state index contributed by atoms with van der Waals surface area (Å²) in [4.78, 5) is 28.5. The van der Waals surface area contributed by atoms with Gasteiger partial charge in [-0.15, -0.1) is 0 Å². The highest BCUT2D eigenvalue weighted by molar-refractivity contribution is 6.31. The zero-order valence-corrected chi connectivity index (χ0v) is 14.4. The highest BCUT2D eigenvalue weighted by atomic mass is 35.5. The summed E-state index contributed by atoms with van der Waals surface area (Å²) in [5.74, 6) is -0.850. The summed E-state index contributed by atoms with van der Waals surface area (Å²) in [7, 11) is 0. The second-order valence-corrected chi connectivity index (χ2v) is 7.34. The van der Waals surface area contributed by atoms with Crippen LogP contribution in [-0.4, -0.2) is 28.5 Å². The minimum absolute atomic E-state index is 0.0459. The number of aliphatic carboxylic acids is 1. The number of carboxylic acid groups (broad SMARTS) is 1. The molecule has 3 rings (SSSR count). The molecule has 0 spiro atoms. The molecule has 0 aliphatic heterocycles. The minimum Gasteiger partial charge on any atom is -0.481 e. The van der Waals surface area contributed by atoms with Crippen LogP contribution in [0.25, 0.3) is 10.9 Å². The Hall–Kier alpha value is -2.14. The standard InChI is InChI=1S/C18H19ClN2O3/c1-18(2,17(23)24)9-20-16(22)13-8-15(10-3-4-10)21-14-6-5-11(19)7-12(13)14/h5-8,10H,3-4,9H2,1-2H3,(H,20,22)(H,23,24). The first-order chi connectivity index (χ1) is 11.3. The molecule has 24 heavy (non-hydrogen) atoms. The van der Waals surface area contributed by atoms with E-state index in [0.29, 0.717) is 21.9 Å². The predicted molar refractivity (Wildman–Crippen MR) is 92.5 cm³/mol. The van der Waals surface area contributed by atoms with Crippen LogP contribution < -0.4 is 5.32 Å². The van der Waals surface area contributed by atoms with Crippen LogP contribution in [0.1, 0.15) is 48.7 Å². The lowest BCUT2D eigenvalue weighted by Gasteiger charge is -2.20. The Bertz CT molecular complexity index is 828. The molecule has 1 aromatic heterocycles. The summed E-state index contributed by atoms with van der Waals surface area (Å²) in [6, 6.07) is 7.08. The van der Waals surface area contributed by atoms with Gasteiger partial charge in [0.15, 0.2) is 0 Å². The lowest BCUT2D eigenvalue weighted by molar-refractivity contribution is -0.146. The van der Waals surface area contributed by atoms with E-state index in [-0.39, 0.29) is 12.5 Å². The normalized spacial score (nSPS) is 14.6. The first-order valence-electron chi connectivity index (χ1n) is 7.90. The second-order valence-electron chi connectivity index (χ2n) is 6.90. The number of nitrogens with zero attached hydrogens (tertiary/aromatic N) is 1. The zero-order valence-electron chi connectivity index (χ0n) is 13.6. The number of hydrogen-bond donors (Lipinski definition) is 2. The van der Waals surface area contributed by atoms with Crippen molar-refractivity contribution in [3.63, 3.8) is 0 Å². The van der Waals surface area contributed by atoms with Crippen LogP contribution in [0.5, 0.6) is 0 Å². The number of fused-ring (bicyclic) bond motifs is 1. The van der Waals surface area contributed by atoms with Crippen molar-refractivity contribution in [2.24, 2.45) is 5.41 Å². The third-order valence-electron chi connectivity index (χ3n) is 4.30. The molecule has 5 nitrogen and oxygen atoms in total. The van der Waals surface area contributed by atoms with Crippen LogP contribution in [0, 0.1) is 5.41 Å². The van der Waals surface area contributed by atoms with Crippen LogP contribution in [0.2, 0.25) is 5.02 Å². The number of benzene rings is 1. The molecule has 0 unspecified atom stereocenters. The lowest BCUT2D eigenvalue weighted by Crippen LogP contribution is -2.39. The topological polar surface area (TPSA) is 79.3 Å². The van der Waals surface area contributed by atoms with Crippen LogP contribution in [0.15, 0.2) is 24.3 Å². The fraction of sp³-hybridized carbons (Fsp3) is 0.389. The predicted octanol–water partition coefficient (Wildman–Crippen LogP) is 3.61. The summed E-state index contributed by atoms with van der Waals surface area (Å²) < 4.78 is 0. The molecule has 1 saturated carbocycles. The van der Waals surface area contributed by atoms with Crippen LogP contribution in [-0.2, 0) is 4.79 Å². The van der Waals surface area contributed by atoms with Gasteiger partial charge in [-0.2, -0.15) is 0 Å². The zero-order chi connectivity index (χ0) is 17.5. The largest absolute Gasteiger partial charge is 0.481 e. The van der Waals surface area contributed by atoms with Crippen molar-refractivity contribution in [3.05, 3.63) is 40.5 Å². The monoisotopic (exact) mass is 346 g/mol. The summed E-state index contributed by atoms with van der Waals surface area (Å²) in [6.07, 6.45) is 2.17. The number of amides is 1. The number of halogens is 1. The molecule has 1 aliphatic carbocycles. The molecule has 1 amide bonds.